The average Bonchev–Trinajstić information content (AvgIpc) is 2.19. The SMILES string of the molecule is CCN(C)C(=N)c1cc(C)ccc1C. The van der Waals surface area contributed by atoms with Crippen LogP contribution in [0.4, 0.5) is 0 Å². The molecule has 0 amide bonds. The molecular weight excluding hydrogens is 172 g/mol. The van der Waals surface area contributed by atoms with E-state index in [1.165, 1.54) is 11.1 Å². The number of hydrogen-bond donors (Lipinski definition) is 1. The molecule has 0 atom stereocenters. The van der Waals surface area contributed by atoms with E-state index in [0.29, 0.717) is 5.84 Å². The molecular formula is C12H18N2. The summed E-state index contributed by atoms with van der Waals surface area (Å²) in [6.07, 6.45) is 0. The molecule has 0 saturated carbocycles. The van der Waals surface area contributed by atoms with Gasteiger partial charge in [-0.2, -0.15) is 0 Å². The average molecular weight is 190 g/mol. The molecule has 0 heterocycles. The molecule has 0 aromatic heterocycles. The lowest BCUT2D eigenvalue weighted by Crippen LogP contribution is -2.26. The summed E-state index contributed by atoms with van der Waals surface area (Å²) >= 11 is 0. The fourth-order valence-electron chi connectivity index (χ4n) is 1.35. The summed E-state index contributed by atoms with van der Waals surface area (Å²) in [6, 6.07) is 6.23. The van der Waals surface area contributed by atoms with Crippen molar-refractivity contribution in [3.63, 3.8) is 0 Å². The van der Waals surface area contributed by atoms with Crippen molar-refractivity contribution in [1.29, 1.82) is 5.41 Å². The Morgan fingerprint density at radius 1 is 1.36 bits per heavy atom. The van der Waals surface area contributed by atoms with Crippen LogP contribution in [0.15, 0.2) is 18.2 Å². The Hall–Kier alpha value is -1.31. The van der Waals surface area contributed by atoms with Crippen LogP contribution >= 0.6 is 0 Å². The second kappa shape index (κ2) is 4.27. The number of benzene rings is 1. The summed E-state index contributed by atoms with van der Waals surface area (Å²) < 4.78 is 0. The molecule has 14 heavy (non-hydrogen) atoms. The second-order valence-electron chi connectivity index (χ2n) is 3.68. The van der Waals surface area contributed by atoms with Crippen molar-refractivity contribution in [2.24, 2.45) is 0 Å². The highest BCUT2D eigenvalue weighted by atomic mass is 15.1. The molecule has 0 aliphatic heterocycles. The third-order valence-corrected chi connectivity index (χ3v) is 2.50. The summed E-state index contributed by atoms with van der Waals surface area (Å²) in [6.45, 7) is 7.03. The highest BCUT2D eigenvalue weighted by molar-refractivity contribution is 5.97. The molecule has 1 aromatic rings. The van der Waals surface area contributed by atoms with Crippen LogP contribution in [0.5, 0.6) is 0 Å². The van der Waals surface area contributed by atoms with Gasteiger partial charge in [0.1, 0.15) is 5.84 Å². The van der Waals surface area contributed by atoms with Crippen molar-refractivity contribution in [2.45, 2.75) is 20.8 Å². The summed E-state index contributed by atoms with van der Waals surface area (Å²) in [5.41, 5.74) is 3.41. The van der Waals surface area contributed by atoms with Crippen LogP contribution in [0.2, 0.25) is 0 Å². The Kier molecular flexibility index (Phi) is 3.28. The minimum absolute atomic E-state index is 0.605. The van der Waals surface area contributed by atoms with Gasteiger partial charge in [-0.15, -0.1) is 0 Å². The van der Waals surface area contributed by atoms with E-state index in [2.05, 4.69) is 32.0 Å². The highest BCUT2D eigenvalue weighted by Gasteiger charge is 2.08. The normalized spacial score (nSPS) is 10.0. The Morgan fingerprint density at radius 3 is 2.57 bits per heavy atom. The molecule has 0 aliphatic carbocycles. The van der Waals surface area contributed by atoms with Gasteiger partial charge in [0, 0.05) is 19.2 Å². The van der Waals surface area contributed by atoms with Crippen LogP contribution in [0, 0.1) is 19.3 Å². The van der Waals surface area contributed by atoms with Gasteiger partial charge in [0.25, 0.3) is 0 Å². The molecule has 1 aromatic carbocycles. The van der Waals surface area contributed by atoms with E-state index in [1.54, 1.807) is 0 Å². The fraction of sp³-hybridized carbons (Fsp3) is 0.417. The minimum Gasteiger partial charge on any atom is -0.360 e. The molecule has 0 unspecified atom stereocenters. The molecule has 0 radical (unpaired) electrons. The van der Waals surface area contributed by atoms with E-state index in [9.17, 15) is 0 Å². The van der Waals surface area contributed by atoms with Gasteiger partial charge in [-0.25, -0.2) is 0 Å². The lowest BCUT2D eigenvalue weighted by atomic mass is 10.0. The van der Waals surface area contributed by atoms with E-state index in [-0.39, 0.29) is 0 Å². The third kappa shape index (κ3) is 2.13. The van der Waals surface area contributed by atoms with Gasteiger partial charge < -0.3 is 4.90 Å². The van der Waals surface area contributed by atoms with Crippen molar-refractivity contribution in [3.05, 3.63) is 34.9 Å². The van der Waals surface area contributed by atoms with Gasteiger partial charge in [0.05, 0.1) is 0 Å². The summed E-state index contributed by atoms with van der Waals surface area (Å²) in [7, 11) is 1.95. The zero-order chi connectivity index (χ0) is 10.7. The van der Waals surface area contributed by atoms with Crippen LogP contribution < -0.4 is 0 Å². The standard InChI is InChI=1S/C12H18N2/c1-5-14(4)12(13)11-8-9(2)6-7-10(11)3/h6-8,13H,5H2,1-4H3. The van der Waals surface area contributed by atoms with Gasteiger partial charge in [0.2, 0.25) is 0 Å². The first-order chi connectivity index (χ1) is 6.56. The molecule has 0 fully saturated rings. The minimum atomic E-state index is 0.605. The lowest BCUT2D eigenvalue weighted by molar-refractivity contribution is 0.532. The van der Waals surface area contributed by atoms with Crippen LogP contribution in [0.1, 0.15) is 23.6 Å². The highest BCUT2D eigenvalue weighted by Crippen LogP contribution is 2.12. The first-order valence-corrected chi connectivity index (χ1v) is 4.93. The van der Waals surface area contributed by atoms with Crippen molar-refractivity contribution < 1.29 is 0 Å². The summed E-state index contributed by atoms with van der Waals surface area (Å²) in [5.74, 6) is 0.605. The number of nitrogens with zero attached hydrogens (tertiary/aromatic N) is 1. The molecule has 1 rings (SSSR count). The number of amidine groups is 1. The second-order valence-corrected chi connectivity index (χ2v) is 3.68. The zero-order valence-electron chi connectivity index (χ0n) is 9.39. The maximum Gasteiger partial charge on any atom is 0.128 e. The molecule has 2 nitrogen and oxygen atoms in total. The predicted molar refractivity (Wildman–Crippen MR) is 61.0 cm³/mol. The quantitative estimate of drug-likeness (QED) is 0.563. The lowest BCUT2D eigenvalue weighted by Gasteiger charge is -2.19. The number of rotatable bonds is 2. The molecule has 2 heteroatoms. The maximum atomic E-state index is 8.00. The van der Waals surface area contributed by atoms with Gasteiger partial charge in [-0.3, -0.25) is 5.41 Å². The van der Waals surface area contributed by atoms with E-state index in [1.807, 2.05) is 18.9 Å². The van der Waals surface area contributed by atoms with Gasteiger partial charge >= 0.3 is 0 Å². The number of hydrogen-bond acceptors (Lipinski definition) is 1. The number of nitrogens with one attached hydrogen (secondary N) is 1. The van der Waals surface area contributed by atoms with Crippen molar-refractivity contribution in [2.75, 3.05) is 13.6 Å². The van der Waals surface area contributed by atoms with E-state index in [0.717, 1.165) is 12.1 Å². The Labute approximate surface area is 86.1 Å². The molecule has 0 bridgehead atoms. The summed E-state index contributed by atoms with van der Waals surface area (Å²) in [4.78, 5) is 1.95. The maximum absolute atomic E-state index is 8.00. The first kappa shape index (κ1) is 10.8. The van der Waals surface area contributed by atoms with E-state index in [4.69, 9.17) is 5.41 Å². The monoisotopic (exact) mass is 190 g/mol. The van der Waals surface area contributed by atoms with Gasteiger partial charge in [0.15, 0.2) is 0 Å². The molecule has 0 saturated heterocycles. The summed E-state index contributed by atoms with van der Waals surface area (Å²) in [5, 5.41) is 8.00. The van der Waals surface area contributed by atoms with Crippen LogP contribution in [0.25, 0.3) is 0 Å². The van der Waals surface area contributed by atoms with Gasteiger partial charge in [-0.1, -0.05) is 17.7 Å². The zero-order valence-corrected chi connectivity index (χ0v) is 9.39. The van der Waals surface area contributed by atoms with Crippen LogP contribution in [-0.4, -0.2) is 24.3 Å². The Morgan fingerprint density at radius 2 is 2.00 bits per heavy atom. The predicted octanol–water partition coefficient (Wildman–Crippen LogP) is 2.58. The van der Waals surface area contributed by atoms with Crippen molar-refractivity contribution in [1.82, 2.24) is 4.90 Å². The van der Waals surface area contributed by atoms with Crippen molar-refractivity contribution in [3.8, 4) is 0 Å². The fourth-order valence-corrected chi connectivity index (χ4v) is 1.35. The van der Waals surface area contributed by atoms with E-state index < -0.39 is 0 Å². The third-order valence-electron chi connectivity index (χ3n) is 2.50. The largest absolute Gasteiger partial charge is 0.360 e. The molecule has 76 valence electrons. The Bertz CT molecular complexity index is 342. The molecule has 1 N–H and O–H groups in total. The van der Waals surface area contributed by atoms with Gasteiger partial charge in [-0.05, 0) is 32.4 Å². The smallest absolute Gasteiger partial charge is 0.128 e. The van der Waals surface area contributed by atoms with Crippen LogP contribution in [0.3, 0.4) is 0 Å². The molecule has 0 spiro atoms. The molecule has 0 aliphatic rings. The number of aryl methyl sites for hydroxylation is 2. The van der Waals surface area contributed by atoms with Crippen molar-refractivity contribution >= 4 is 5.84 Å². The first-order valence-electron chi connectivity index (χ1n) is 4.93. The van der Waals surface area contributed by atoms with E-state index >= 15 is 0 Å². The van der Waals surface area contributed by atoms with Crippen LogP contribution in [-0.2, 0) is 0 Å². The Balaban J connectivity index is 3.06. The topological polar surface area (TPSA) is 27.1 Å².